The molecule has 10 heteroatoms. The molecule has 1 aromatic heterocycles. The van der Waals surface area contributed by atoms with Crippen molar-refractivity contribution in [2.24, 2.45) is 5.92 Å². The molecule has 10 nitrogen and oxygen atoms in total. The van der Waals surface area contributed by atoms with Gasteiger partial charge in [0.2, 0.25) is 5.91 Å². The molecule has 0 unspecified atom stereocenters. The van der Waals surface area contributed by atoms with Gasteiger partial charge in [-0.05, 0) is 30.0 Å². The molecule has 3 amide bonds. The van der Waals surface area contributed by atoms with Gasteiger partial charge in [0.25, 0.3) is 5.56 Å². The van der Waals surface area contributed by atoms with E-state index in [1.54, 1.807) is 30.3 Å². The Balaban J connectivity index is 1.85. The van der Waals surface area contributed by atoms with Crippen LogP contribution in [0.2, 0.25) is 0 Å². The average Bonchev–Trinajstić information content (AvgIpc) is 2.81. The Hall–Kier alpha value is -4.34. The average molecular weight is 479 g/mol. The van der Waals surface area contributed by atoms with Gasteiger partial charge in [0.15, 0.2) is 0 Å². The number of carbonyl (C=O) groups is 2. The second kappa shape index (κ2) is 11.7. The number of nitrogens with zero attached hydrogens (tertiary/aromatic N) is 2. The van der Waals surface area contributed by atoms with Crippen molar-refractivity contribution in [1.82, 2.24) is 14.9 Å². The number of aromatic amines is 1. The molecule has 2 aromatic carbocycles. The van der Waals surface area contributed by atoms with E-state index in [0.29, 0.717) is 18.7 Å². The number of hydrogen-bond acceptors (Lipinski definition) is 6. The van der Waals surface area contributed by atoms with Gasteiger partial charge in [-0.2, -0.15) is 0 Å². The highest BCUT2D eigenvalue weighted by molar-refractivity contribution is 6.02. The summed E-state index contributed by atoms with van der Waals surface area (Å²) in [4.78, 5) is 54.1. The van der Waals surface area contributed by atoms with Crippen LogP contribution in [0.4, 0.5) is 22.0 Å². The molecule has 0 radical (unpaired) electrons. The van der Waals surface area contributed by atoms with Crippen molar-refractivity contribution in [3.8, 4) is 0 Å². The summed E-state index contributed by atoms with van der Waals surface area (Å²) in [5.74, 6) is -0.396. The van der Waals surface area contributed by atoms with Gasteiger partial charge >= 0.3 is 11.7 Å². The highest BCUT2D eigenvalue weighted by atomic mass is 16.2. The minimum absolute atomic E-state index is 0.0137. The molecule has 1 heterocycles. The third kappa shape index (κ3) is 7.07. The first-order valence-electron chi connectivity index (χ1n) is 11.3. The Bertz CT molecular complexity index is 1270. The second-order valence-corrected chi connectivity index (χ2v) is 8.54. The van der Waals surface area contributed by atoms with Crippen molar-refractivity contribution in [2.45, 2.75) is 26.8 Å². The number of H-pyrrole nitrogens is 1. The van der Waals surface area contributed by atoms with Crippen LogP contribution in [0.3, 0.4) is 0 Å². The van der Waals surface area contributed by atoms with E-state index in [0.717, 1.165) is 5.56 Å². The van der Waals surface area contributed by atoms with E-state index in [4.69, 9.17) is 5.73 Å². The normalized spacial score (nSPS) is 10.7. The minimum atomic E-state index is -0.694. The lowest BCUT2D eigenvalue weighted by atomic mass is 10.1. The number of nitrogens with two attached hydrogens (primary N) is 1. The number of amides is 3. The van der Waals surface area contributed by atoms with Crippen molar-refractivity contribution in [3.63, 3.8) is 0 Å². The zero-order valence-electron chi connectivity index (χ0n) is 19.8. The standard InChI is InChI=1S/C25H30N6O4/c1-17(2)13-14-30(16-20(32)28-24(34)27-19-11-7-4-8-12-19)21-22(26)31(25(35)29-23(21)33)15-18-9-5-3-6-10-18/h3-12,17H,13-16,26H2,1-2H3,(H,29,33,35)(H2,27,28,32,34). The van der Waals surface area contributed by atoms with Gasteiger partial charge < -0.3 is 16.0 Å². The Morgan fingerprint density at radius 3 is 2.29 bits per heavy atom. The van der Waals surface area contributed by atoms with Gasteiger partial charge in [0.05, 0.1) is 13.1 Å². The fourth-order valence-electron chi connectivity index (χ4n) is 3.51. The number of benzene rings is 2. The van der Waals surface area contributed by atoms with Crippen molar-refractivity contribution in [2.75, 3.05) is 29.0 Å². The van der Waals surface area contributed by atoms with Crippen LogP contribution in [0.15, 0.2) is 70.3 Å². The summed E-state index contributed by atoms with van der Waals surface area (Å²) in [6.45, 7) is 4.19. The minimum Gasteiger partial charge on any atom is -0.383 e. The fraction of sp³-hybridized carbons (Fsp3) is 0.280. The van der Waals surface area contributed by atoms with Gasteiger partial charge in [-0.15, -0.1) is 0 Å². The molecule has 0 aliphatic heterocycles. The summed E-state index contributed by atoms with van der Waals surface area (Å²) in [6, 6.07) is 17.2. The van der Waals surface area contributed by atoms with Crippen LogP contribution < -0.4 is 32.5 Å². The molecule has 0 atom stereocenters. The molecule has 184 valence electrons. The number of anilines is 3. The first kappa shape index (κ1) is 25.3. The Morgan fingerprint density at radius 1 is 1.03 bits per heavy atom. The summed E-state index contributed by atoms with van der Waals surface area (Å²) in [6.07, 6.45) is 0.653. The molecular formula is C25H30N6O4. The lowest BCUT2D eigenvalue weighted by Crippen LogP contribution is -2.45. The highest BCUT2D eigenvalue weighted by Crippen LogP contribution is 2.19. The van der Waals surface area contributed by atoms with Crippen LogP contribution >= 0.6 is 0 Å². The predicted molar refractivity (Wildman–Crippen MR) is 137 cm³/mol. The zero-order valence-corrected chi connectivity index (χ0v) is 19.8. The summed E-state index contributed by atoms with van der Waals surface area (Å²) >= 11 is 0. The van der Waals surface area contributed by atoms with Crippen molar-refractivity contribution >= 4 is 29.1 Å². The molecule has 35 heavy (non-hydrogen) atoms. The molecule has 0 aliphatic carbocycles. The Morgan fingerprint density at radius 2 is 1.66 bits per heavy atom. The highest BCUT2D eigenvalue weighted by Gasteiger charge is 2.22. The number of carbonyl (C=O) groups excluding carboxylic acids is 2. The van der Waals surface area contributed by atoms with E-state index in [9.17, 15) is 19.2 Å². The first-order chi connectivity index (χ1) is 16.7. The smallest absolute Gasteiger partial charge is 0.330 e. The van der Waals surface area contributed by atoms with Gasteiger partial charge in [-0.25, -0.2) is 9.59 Å². The molecule has 0 fully saturated rings. The molecule has 0 bridgehead atoms. The van der Waals surface area contributed by atoms with Crippen LogP contribution in [0.5, 0.6) is 0 Å². The van der Waals surface area contributed by atoms with E-state index in [2.05, 4.69) is 15.6 Å². The maximum absolute atomic E-state index is 12.8. The van der Waals surface area contributed by atoms with Crippen LogP contribution in [-0.4, -0.2) is 34.6 Å². The maximum atomic E-state index is 12.8. The van der Waals surface area contributed by atoms with Crippen LogP contribution in [0.25, 0.3) is 0 Å². The third-order valence-electron chi connectivity index (χ3n) is 5.31. The van der Waals surface area contributed by atoms with Gasteiger partial charge in [-0.3, -0.25) is 24.5 Å². The first-order valence-corrected chi connectivity index (χ1v) is 11.3. The van der Waals surface area contributed by atoms with E-state index in [1.807, 2.05) is 44.2 Å². The lowest BCUT2D eigenvalue weighted by molar-refractivity contribution is -0.118. The number of nitrogen functional groups attached to an aromatic ring is 1. The summed E-state index contributed by atoms with van der Waals surface area (Å²) in [7, 11) is 0. The molecule has 5 N–H and O–H groups in total. The second-order valence-electron chi connectivity index (χ2n) is 8.54. The maximum Gasteiger partial charge on any atom is 0.330 e. The zero-order chi connectivity index (χ0) is 25.4. The quantitative estimate of drug-likeness (QED) is 0.372. The number of nitrogens with one attached hydrogen (secondary N) is 3. The van der Waals surface area contributed by atoms with E-state index < -0.39 is 23.2 Å². The van der Waals surface area contributed by atoms with Crippen LogP contribution in [0.1, 0.15) is 25.8 Å². The number of para-hydroxylation sites is 1. The van der Waals surface area contributed by atoms with Crippen molar-refractivity contribution in [1.29, 1.82) is 0 Å². The largest absolute Gasteiger partial charge is 0.383 e. The molecule has 0 saturated carbocycles. The van der Waals surface area contributed by atoms with Crippen LogP contribution in [0, 0.1) is 5.92 Å². The SMILES string of the molecule is CC(C)CCN(CC(=O)NC(=O)Nc1ccccc1)c1c(N)n(Cc2ccccc2)c(=O)[nH]c1=O. The number of rotatable bonds is 9. The van der Waals surface area contributed by atoms with Crippen molar-refractivity contribution < 1.29 is 9.59 Å². The third-order valence-corrected chi connectivity index (χ3v) is 5.31. The molecule has 0 aliphatic rings. The van der Waals surface area contributed by atoms with Gasteiger partial charge in [0.1, 0.15) is 11.5 Å². The van der Waals surface area contributed by atoms with Crippen LogP contribution in [-0.2, 0) is 11.3 Å². The van der Waals surface area contributed by atoms with Gasteiger partial charge in [-0.1, -0.05) is 62.4 Å². The Kier molecular flexibility index (Phi) is 8.44. The molecule has 0 saturated heterocycles. The van der Waals surface area contributed by atoms with Gasteiger partial charge in [0, 0.05) is 12.2 Å². The topological polar surface area (TPSA) is 142 Å². The summed E-state index contributed by atoms with van der Waals surface area (Å²) in [5, 5.41) is 4.84. The van der Waals surface area contributed by atoms with E-state index >= 15 is 0 Å². The molecule has 3 aromatic rings. The summed E-state index contributed by atoms with van der Waals surface area (Å²) in [5.41, 5.74) is 6.34. The Labute approximate surface area is 202 Å². The molecular weight excluding hydrogens is 448 g/mol. The lowest BCUT2D eigenvalue weighted by Gasteiger charge is -2.26. The van der Waals surface area contributed by atoms with Crippen molar-refractivity contribution in [3.05, 3.63) is 87.1 Å². The summed E-state index contributed by atoms with van der Waals surface area (Å²) < 4.78 is 1.26. The predicted octanol–water partition coefficient (Wildman–Crippen LogP) is 2.37. The monoisotopic (exact) mass is 478 g/mol. The van der Waals surface area contributed by atoms with E-state index in [-0.39, 0.29) is 30.5 Å². The fourth-order valence-corrected chi connectivity index (χ4v) is 3.51. The number of urea groups is 1. The number of aromatic nitrogens is 2. The van der Waals surface area contributed by atoms with E-state index in [1.165, 1.54) is 9.47 Å². The number of hydrogen-bond donors (Lipinski definition) is 4. The molecule has 3 rings (SSSR count). The number of imide groups is 1. The molecule has 0 spiro atoms.